The summed E-state index contributed by atoms with van der Waals surface area (Å²) in [4.78, 5) is 24.1. The summed E-state index contributed by atoms with van der Waals surface area (Å²) in [5.74, 6) is -1.52. The Hall–Kier alpha value is -1.69. The fourth-order valence-corrected chi connectivity index (χ4v) is 1.76. The van der Waals surface area contributed by atoms with Gasteiger partial charge in [-0.05, 0) is 8.93 Å². The molecule has 0 bridgehead atoms. The van der Waals surface area contributed by atoms with Crippen LogP contribution >= 0.6 is 0 Å². The smallest absolute Gasteiger partial charge is 0.388 e. The second-order valence-electron chi connectivity index (χ2n) is 3.37. The molecule has 10 nitrogen and oxygen atoms in total. The Morgan fingerprint density at radius 2 is 1.82 bits per heavy atom. The highest BCUT2D eigenvalue weighted by molar-refractivity contribution is 7.80. The maximum atomic E-state index is 11.7. The molecule has 0 saturated carbocycles. The number of rotatable bonds is 2. The summed E-state index contributed by atoms with van der Waals surface area (Å²) < 4.78 is 32.1. The summed E-state index contributed by atoms with van der Waals surface area (Å²) in [5.41, 5.74) is 10.1. The average molecular weight is 267 g/mol. The monoisotopic (exact) mass is 267 g/mol. The third-order valence-corrected chi connectivity index (χ3v) is 2.64. The standard InChI is InChI=1S/C6H10N4O6S/c1-9-4(8)3(7)5(11)10(2,6(9)12)16-17(13,14)15/h7H2,1-2H3,(H2-,8,11,13,14,15)/p+1. The minimum absolute atomic E-state index is 0.325. The van der Waals surface area contributed by atoms with Crippen molar-refractivity contribution in [3.63, 3.8) is 0 Å². The van der Waals surface area contributed by atoms with Gasteiger partial charge in [-0.25, -0.2) is 14.5 Å². The molecule has 0 aliphatic carbocycles. The molecule has 0 saturated heterocycles. The Bertz CT molecular complexity index is 525. The molecule has 0 fully saturated rings. The van der Waals surface area contributed by atoms with Gasteiger partial charge in [0.25, 0.3) is 0 Å². The molecule has 5 N–H and O–H groups in total. The Balaban J connectivity index is 3.36. The number of hydrogen-bond acceptors (Lipinski definition) is 7. The third-order valence-electron chi connectivity index (χ3n) is 2.15. The molecule has 17 heavy (non-hydrogen) atoms. The first-order chi connectivity index (χ1) is 7.50. The predicted molar refractivity (Wildman–Crippen MR) is 52.4 cm³/mol. The second-order valence-corrected chi connectivity index (χ2v) is 4.38. The maximum Gasteiger partial charge on any atom is 0.466 e. The van der Waals surface area contributed by atoms with Crippen LogP contribution in [0.15, 0.2) is 11.5 Å². The van der Waals surface area contributed by atoms with Crippen molar-refractivity contribution in [2.75, 3.05) is 14.1 Å². The van der Waals surface area contributed by atoms with Gasteiger partial charge >= 0.3 is 22.3 Å². The fraction of sp³-hybridized carbons (Fsp3) is 0.333. The summed E-state index contributed by atoms with van der Waals surface area (Å²) in [6.45, 7) is 0. The first kappa shape index (κ1) is 13.4. The molecule has 3 amide bonds. The van der Waals surface area contributed by atoms with E-state index in [0.717, 1.165) is 11.9 Å². The van der Waals surface area contributed by atoms with Gasteiger partial charge in [0.05, 0.1) is 0 Å². The quantitative estimate of drug-likeness (QED) is 0.378. The van der Waals surface area contributed by atoms with Gasteiger partial charge in [-0.2, -0.15) is 8.42 Å². The molecular formula is C6H11N4O6S+. The number of hydroxylamine groups is 3. The van der Waals surface area contributed by atoms with E-state index in [2.05, 4.69) is 4.28 Å². The summed E-state index contributed by atoms with van der Waals surface area (Å²) >= 11 is 0. The summed E-state index contributed by atoms with van der Waals surface area (Å²) in [6.07, 6.45) is 0. The van der Waals surface area contributed by atoms with Crippen molar-refractivity contribution >= 4 is 22.3 Å². The second kappa shape index (κ2) is 3.66. The average Bonchev–Trinajstić information content (AvgIpc) is 2.19. The van der Waals surface area contributed by atoms with Crippen LogP contribution in [0.2, 0.25) is 0 Å². The van der Waals surface area contributed by atoms with Crippen molar-refractivity contribution in [3.8, 4) is 0 Å². The molecule has 0 spiro atoms. The van der Waals surface area contributed by atoms with Crippen molar-refractivity contribution in [1.29, 1.82) is 0 Å². The van der Waals surface area contributed by atoms with E-state index < -0.39 is 32.7 Å². The lowest BCUT2D eigenvalue weighted by Gasteiger charge is -2.31. The van der Waals surface area contributed by atoms with Gasteiger partial charge in [0.1, 0.15) is 12.9 Å². The molecule has 0 aromatic carbocycles. The van der Waals surface area contributed by atoms with Crippen LogP contribution in [0.5, 0.6) is 0 Å². The molecule has 11 heteroatoms. The predicted octanol–water partition coefficient (Wildman–Crippen LogP) is -2.15. The van der Waals surface area contributed by atoms with Crippen molar-refractivity contribution in [2.45, 2.75) is 0 Å². The minimum atomic E-state index is -5.03. The van der Waals surface area contributed by atoms with Crippen LogP contribution in [-0.4, -0.2) is 48.6 Å². The van der Waals surface area contributed by atoms with E-state index in [9.17, 15) is 18.0 Å². The molecule has 1 rings (SSSR count). The summed E-state index contributed by atoms with van der Waals surface area (Å²) in [7, 11) is -3.05. The minimum Gasteiger partial charge on any atom is -0.388 e. The number of carbonyl (C=O) groups excluding carboxylic acids is 2. The number of nitrogens with two attached hydrogens (primary N) is 2. The van der Waals surface area contributed by atoms with Gasteiger partial charge in [-0.15, -0.1) is 0 Å². The van der Waals surface area contributed by atoms with Gasteiger partial charge in [0, 0.05) is 7.05 Å². The van der Waals surface area contributed by atoms with Crippen LogP contribution in [0, 0.1) is 0 Å². The molecule has 1 unspecified atom stereocenters. The number of urea groups is 1. The summed E-state index contributed by atoms with van der Waals surface area (Å²) in [6, 6.07) is -1.11. The van der Waals surface area contributed by atoms with Crippen LogP contribution in [0.4, 0.5) is 4.79 Å². The molecule has 0 aromatic heterocycles. The van der Waals surface area contributed by atoms with Crippen LogP contribution in [-0.2, 0) is 19.5 Å². The summed E-state index contributed by atoms with van der Waals surface area (Å²) in [5, 5.41) is 0. The molecule has 1 aliphatic heterocycles. The highest BCUT2D eigenvalue weighted by atomic mass is 32.3. The lowest BCUT2D eigenvalue weighted by atomic mass is 10.3. The molecular weight excluding hydrogens is 256 g/mol. The van der Waals surface area contributed by atoms with E-state index in [-0.39, 0.29) is 5.82 Å². The Morgan fingerprint density at radius 1 is 1.35 bits per heavy atom. The molecule has 1 heterocycles. The number of nitrogens with zero attached hydrogens (tertiary/aromatic N) is 2. The highest BCUT2D eigenvalue weighted by Crippen LogP contribution is 2.22. The SMILES string of the molecule is CN1C(=O)[N+](C)(OS(=O)(=O)O)C(=O)C(N)=C1N. The van der Waals surface area contributed by atoms with Crippen molar-refractivity contribution in [2.24, 2.45) is 11.5 Å². The lowest BCUT2D eigenvalue weighted by molar-refractivity contribution is -0.933. The van der Waals surface area contributed by atoms with Crippen LogP contribution in [0.1, 0.15) is 0 Å². The topological polar surface area (TPSA) is 153 Å². The lowest BCUT2D eigenvalue weighted by Crippen LogP contribution is -2.64. The van der Waals surface area contributed by atoms with Crippen molar-refractivity contribution < 1.29 is 31.5 Å². The Kier molecular flexibility index (Phi) is 2.88. The van der Waals surface area contributed by atoms with Gasteiger partial charge < -0.3 is 11.5 Å². The number of likely N-dealkylation sites (N-methyl/N-ethyl adjacent to an activating group) is 1. The van der Waals surface area contributed by atoms with Crippen LogP contribution in [0.25, 0.3) is 0 Å². The van der Waals surface area contributed by atoms with E-state index in [1.54, 1.807) is 0 Å². The zero-order chi connectivity index (χ0) is 13.6. The number of imide groups is 1. The first-order valence-corrected chi connectivity index (χ1v) is 5.50. The molecule has 0 radical (unpaired) electrons. The van der Waals surface area contributed by atoms with E-state index in [0.29, 0.717) is 0 Å². The largest absolute Gasteiger partial charge is 0.466 e. The van der Waals surface area contributed by atoms with Gasteiger partial charge in [-0.1, -0.05) is 0 Å². The first-order valence-electron chi connectivity index (χ1n) is 4.14. The van der Waals surface area contributed by atoms with Crippen molar-refractivity contribution in [1.82, 2.24) is 4.90 Å². The maximum absolute atomic E-state index is 11.7. The zero-order valence-electron chi connectivity index (χ0n) is 8.95. The zero-order valence-corrected chi connectivity index (χ0v) is 9.76. The van der Waals surface area contributed by atoms with Crippen LogP contribution < -0.4 is 11.5 Å². The van der Waals surface area contributed by atoms with Crippen molar-refractivity contribution in [3.05, 3.63) is 11.5 Å². The Morgan fingerprint density at radius 3 is 2.24 bits per heavy atom. The van der Waals surface area contributed by atoms with E-state index in [1.165, 1.54) is 7.05 Å². The molecule has 1 aliphatic rings. The number of carbonyl (C=O) groups is 2. The number of quaternary nitrogens is 1. The van der Waals surface area contributed by atoms with Gasteiger partial charge in [-0.3, -0.25) is 4.55 Å². The highest BCUT2D eigenvalue weighted by Gasteiger charge is 2.55. The number of amides is 3. The van der Waals surface area contributed by atoms with E-state index in [4.69, 9.17) is 16.0 Å². The van der Waals surface area contributed by atoms with E-state index >= 15 is 0 Å². The third kappa shape index (κ3) is 2.08. The Labute approximate surface area is 96.5 Å². The molecule has 1 atom stereocenters. The van der Waals surface area contributed by atoms with Gasteiger partial charge in [0.15, 0.2) is 5.70 Å². The van der Waals surface area contributed by atoms with Crippen LogP contribution in [0.3, 0.4) is 0 Å². The van der Waals surface area contributed by atoms with E-state index in [1.807, 2.05) is 0 Å². The normalized spacial score (nSPS) is 26.6. The fourth-order valence-electron chi connectivity index (χ4n) is 1.25. The molecule has 96 valence electrons. The number of hydrogen-bond donors (Lipinski definition) is 3. The van der Waals surface area contributed by atoms with Gasteiger partial charge in [0.2, 0.25) is 0 Å². The molecule has 0 aromatic rings.